The Morgan fingerprint density at radius 1 is 1.00 bits per heavy atom. The molecule has 0 aliphatic carbocycles. The van der Waals surface area contributed by atoms with Gasteiger partial charge in [0.15, 0.2) is 11.5 Å². The number of hydrazone groups is 1. The number of ether oxygens (including phenoxy) is 2. The van der Waals surface area contributed by atoms with Crippen LogP contribution in [0.15, 0.2) is 82.8 Å². The molecule has 0 saturated heterocycles. The van der Waals surface area contributed by atoms with Crippen LogP contribution in [-0.2, 0) is 10.1 Å². The number of carbonyl (C=O) groups is 1. The summed E-state index contributed by atoms with van der Waals surface area (Å²) in [4.78, 5) is 12.4. The van der Waals surface area contributed by atoms with Crippen molar-refractivity contribution in [1.82, 2.24) is 5.43 Å². The Bertz CT molecular complexity index is 1210. The SMILES string of the molecule is CCOc1ccc(C(=O)N/N=C/c2cccc(OS(=O)(=O)c3ccccc3)c2)cc1OC. The van der Waals surface area contributed by atoms with E-state index in [1.54, 1.807) is 48.5 Å². The van der Waals surface area contributed by atoms with Crippen LogP contribution in [0.1, 0.15) is 22.8 Å². The molecule has 3 aromatic carbocycles. The predicted octanol–water partition coefficient (Wildman–Crippen LogP) is 3.63. The maximum absolute atomic E-state index is 12.4. The van der Waals surface area contributed by atoms with Gasteiger partial charge in [-0.3, -0.25) is 4.79 Å². The van der Waals surface area contributed by atoms with E-state index in [4.69, 9.17) is 13.7 Å². The first kappa shape index (κ1) is 22.8. The zero-order chi connectivity index (χ0) is 23.0. The summed E-state index contributed by atoms with van der Waals surface area (Å²) < 4.78 is 40.6. The fourth-order valence-electron chi connectivity index (χ4n) is 2.72. The number of nitrogens with one attached hydrogen (secondary N) is 1. The van der Waals surface area contributed by atoms with Gasteiger partial charge in [0.25, 0.3) is 5.91 Å². The van der Waals surface area contributed by atoms with Crippen molar-refractivity contribution in [3.63, 3.8) is 0 Å². The molecule has 0 aliphatic rings. The Morgan fingerprint density at radius 3 is 2.50 bits per heavy atom. The van der Waals surface area contributed by atoms with E-state index in [0.717, 1.165) is 0 Å². The van der Waals surface area contributed by atoms with Crippen LogP contribution < -0.4 is 19.1 Å². The molecule has 0 fully saturated rings. The normalized spacial score (nSPS) is 11.2. The monoisotopic (exact) mass is 454 g/mol. The first-order chi connectivity index (χ1) is 15.4. The third kappa shape index (κ3) is 5.86. The first-order valence-corrected chi connectivity index (χ1v) is 11.1. The van der Waals surface area contributed by atoms with E-state index in [1.165, 1.54) is 37.6 Å². The van der Waals surface area contributed by atoms with E-state index in [-0.39, 0.29) is 10.6 Å². The lowest BCUT2D eigenvalue weighted by Gasteiger charge is -2.10. The summed E-state index contributed by atoms with van der Waals surface area (Å²) in [6.45, 7) is 2.33. The highest BCUT2D eigenvalue weighted by molar-refractivity contribution is 7.87. The molecule has 0 saturated carbocycles. The predicted molar refractivity (Wildman–Crippen MR) is 120 cm³/mol. The Hall–Kier alpha value is -3.85. The Balaban J connectivity index is 1.67. The number of nitrogens with zero attached hydrogens (tertiary/aromatic N) is 1. The van der Waals surface area contributed by atoms with Gasteiger partial charge in [0.1, 0.15) is 10.6 Å². The van der Waals surface area contributed by atoms with Gasteiger partial charge in [0.2, 0.25) is 0 Å². The van der Waals surface area contributed by atoms with E-state index in [9.17, 15) is 13.2 Å². The number of benzene rings is 3. The van der Waals surface area contributed by atoms with E-state index < -0.39 is 16.0 Å². The van der Waals surface area contributed by atoms with Crippen LogP contribution in [0.25, 0.3) is 0 Å². The molecule has 166 valence electrons. The Labute approximate surface area is 186 Å². The summed E-state index contributed by atoms with van der Waals surface area (Å²) in [5, 5.41) is 3.93. The van der Waals surface area contributed by atoms with Gasteiger partial charge in [0, 0.05) is 5.56 Å². The lowest BCUT2D eigenvalue weighted by atomic mass is 10.2. The fraction of sp³-hybridized carbons (Fsp3) is 0.130. The van der Waals surface area contributed by atoms with Gasteiger partial charge in [-0.05, 0) is 55.0 Å². The van der Waals surface area contributed by atoms with Crippen LogP contribution in [-0.4, -0.2) is 34.3 Å². The minimum absolute atomic E-state index is 0.0529. The summed E-state index contributed by atoms with van der Waals surface area (Å²) in [5.74, 6) is 0.660. The molecule has 0 unspecified atom stereocenters. The van der Waals surface area contributed by atoms with Gasteiger partial charge in [-0.1, -0.05) is 30.3 Å². The molecule has 0 aromatic heterocycles. The smallest absolute Gasteiger partial charge is 0.339 e. The minimum Gasteiger partial charge on any atom is -0.493 e. The largest absolute Gasteiger partial charge is 0.493 e. The van der Waals surface area contributed by atoms with Crippen molar-refractivity contribution in [2.45, 2.75) is 11.8 Å². The quantitative estimate of drug-likeness (QED) is 0.301. The molecule has 0 spiro atoms. The van der Waals surface area contributed by atoms with Crippen LogP contribution in [0.3, 0.4) is 0 Å². The van der Waals surface area contributed by atoms with Crippen molar-refractivity contribution in [3.05, 3.63) is 83.9 Å². The maximum atomic E-state index is 12.4. The van der Waals surface area contributed by atoms with Crippen molar-refractivity contribution >= 4 is 22.2 Å². The van der Waals surface area contributed by atoms with E-state index in [0.29, 0.717) is 29.2 Å². The Kier molecular flexibility index (Phi) is 7.45. The fourth-order valence-corrected chi connectivity index (χ4v) is 3.67. The number of carbonyl (C=O) groups excluding carboxylic acids is 1. The van der Waals surface area contributed by atoms with Crippen molar-refractivity contribution < 1.29 is 26.9 Å². The number of methoxy groups -OCH3 is 1. The van der Waals surface area contributed by atoms with Gasteiger partial charge < -0.3 is 13.7 Å². The van der Waals surface area contributed by atoms with Crippen molar-refractivity contribution in [3.8, 4) is 17.2 Å². The summed E-state index contributed by atoms with van der Waals surface area (Å²) in [7, 11) is -2.46. The summed E-state index contributed by atoms with van der Waals surface area (Å²) in [6, 6.07) is 19.0. The molecule has 0 aliphatic heterocycles. The molecular weight excluding hydrogens is 432 g/mol. The number of hydrogen-bond acceptors (Lipinski definition) is 7. The second kappa shape index (κ2) is 10.5. The molecule has 3 aromatic rings. The van der Waals surface area contributed by atoms with Gasteiger partial charge in [0.05, 0.1) is 19.9 Å². The van der Waals surface area contributed by atoms with Gasteiger partial charge in [-0.15, -0.1) is 0 Å². The van der Waals surface area contributed by atoms with E-state index in [2.05, 4.69) is 10.5 Å². The number of amides is 1. The average molecular weight is 455 g/mol. The Morgan fingerprint density at radius 2 is 1.78 bits per heavy atom. The molecule has 1 N–H and O–H groups in total. The van der Waals surface area contributed by atoms with Crippen LogP contribution in [0, 0.1) is 0 Å². The molecule has 0 heterocycles. The third-order valence-electron chi connectivity index (χ3n) is 4.20. The van der Waals surface area contributed by atoms with Gasteiger partial charge >= 0.3 is 10.1 Å². The second-order valence-electron chi connectivity index (χ2n) is 6.42. The summed E-state index contributed by atoms with van der Waals surface area (Å²) in [6.07, 6.45) is 1.38. The van der Waals surface area contributed by atoms with Crippen LogP contribution in [0.4, 0.5) is 0 Å². The highest BCUT2D eigenvalue weighted by atomic mass is 32.2. The lowest BCUT2D eigenvalue weighted by molar-refractivity contribution is 0.0954. The molecule has 9 heteroatoms. The molecule has 3 rings (SSSR count). The first-order valence-electron chi connectivity index (χ1n) is 9.67. The summed E-state index contributed by atoms with van der Waals surface area (Å²) in [5.41, 5.74) is 3.30. The zero-order valence-corrected chi connectivity index (χ0v) is 18.3. The van der Waals surface area contributed by atoms with Gasteiger partial charge in [-0.25, -0.2) is 5.43 Å². The molecular formula is C23H22N2O6S. The van der Waals surface area contributed by atoms with E-state index in [1.807, 2.05) is 6.92 Å². The number of hydrogen-bond donors (Lipinski definition) is 1. The van der Waals surface area contributed by atoms with Crippen molar-refractivity contribution in [2.24, 2.45) is 5.10 Å². The molecule has 0 atom stereocenters. The minimum atomic E-state index is -3.95. The zero-order valence-electron chi connectivity index (χ0n) is 17.5. The second-order valence-corrected chi connectivity index (χ2v) is 7.97. The molecule has 0 radical (unpaired) electrons. The third-order valence-corrected chi connectivity index (χ3v) is 5.46. The molecule has 0 bridgehead atoms. The maximum Gasteiger partial charge on any atom is 0.339 e. The standard InChI is InChI=1S/C23H22N2O6S/c1-3-30-21-13-12-18(15-22(21)29-2)23(26)25-24-16-17-8-7-9-19(14-17)31-32(27,28)20-10-5-4-6-11-20/h4-16H,3H2,1-2H3,(H,25,26)/b24-16+. The van der Waals surface area contributed by atoms with E-state index >= 15 is 0 Å². The molecule has 32 heavy (non-hydrogen) atoms. The number of rotatable bonds is 9. The van der Waals surface area contributed by atoms with Crippen LogP contribution in [0.5, 0.6) is 17.2 Å². The van der Waals surface area contributed by atoms with Gasteiger partial charge in [-0.2, -0.15) is 13.5 Å². The van der Waals surface area contributed by atoms with Crippen molar-refractivity contribution in [1.29, 1.82) is 0 Å². The lowest BCUT2D eigenvalue weighted by Crippen LogP contribution is -2.17. The van der Waals surface area contributed by atoms with Crippen molar-refractivity contribution in [2.75, 3.05) is 13.7 Å². The highest BCUT2D eigenvalue weighted by Crippen LogP contribution is 2.28. The van der Waals surface area contributed by atoms with Crippen LogP contribution in [0.2, 0.25) is 0 Å². The average Bonchev–Trinajstić information content (AvgIpc) is 2.80. The molecule has 8 nitrogen and oxygen atoms in total. The van der Waals surface area contributed by atoms with Crippen LogP contribution >= 0.6 is 0 Å². The topological polar surface area (TPSA) is 103 Å². The highest BCUT2D eigenvalue weighted by Gasteiger charge is 2.16. The molecule has 1 amide bonds. The summed E-state index contributed by atoms with van der Waals surface area (Å²) >= 11 is 0.